The number of allylic oxidation sites excluding steroid dienone is 1. The van der Waals surface area contributed by atoms with Crippen molar-refractivity contribution < 1.29 is 0 Å². The molecule has 13 heavy (non-hydrogen) atoms. The number of nitrogens with two attached hydrogens (primary N) is 1. The number of nitrogen functional groups attached to an aromatic ring is 1. The van der Waals surface area contributed by atoms with Gasteiger partial charge in [-0.3, -0.25) is 0 Å². The Kier molecular flexibility index (Phi) is 4.19. The van der Waals surface area contributed by atoms with E-state index in [0.717, 1.165) is 27.8 Å². The molecule has 0 unspecified atom stereocenters. The lowest BCUT2D eigenvalue weighted by molar-refractivity contribution is 1.25. The molecule has 0 aliphatic heterocycles. The van der Waals surface area contributed by atoms with Gasteiger partial charge in [0.25, 0.3) is 0 Å². The number of halogens is 1. The molecule has 0 saturated carbocycles. The highest BCUT2D eigenvalue weighted by Gasteiger charge is 2.00. The Labute approximate surface area is 88.0 Å². The van der Waals surface area contributed by atoms with Crippen LogP contribution in [0.1, 0.15) is 6.42 Å². The third kappa shape index (κ3) is 3.33. The summed E-state index contributed by atoms with van der Waals surface area (Å²) in [4.78, 5) is 1.04. The topological polar surface area (TPSA) is 26.0 Å². The minimum Gasteiger partial charge on any atom is -0.399 e. The lowest BCUT2D eigenvalue weighted by Crippen LogP contribution is -1.85. The van der Waals surface area contributed by atoms with Crippen LogP contribution in [0.2, 0.25) is 5.02 Å². The first-order valence-corrected chi connectivity index (χ1v) is 5.39. The van der Waals surface area contributed by atoms with Crippen molar-refractivity contribution in [2.24, 2.45) is 0 Å². The summed E-state index contributed by atoms with van der Waals surface area (Å²) in [6.07, 6.45) is 2.88. The molecular weight excluding hydrogens is 202 g/mol. The Balaban J connectivity index is 2.64. The second-order valence-electron chi connectivity index (χ2n) is 2.62. The normalized spacial score (nSPS) is 9.92. The highest BCUT2D eigenvalue weighted by Crippen LogP contribution is 2.29. The number of hydrogen-bond donors (Lipinski definition) is 1. The molecule has 0 aromatic heterocycles. The van der Waals surface area contributed by atoms with Gasteiger partial charge >= 0.3 is 0 Å². The molecule has 1 aromatic carbocycles. The van der Waals surface area contributed by atoms with Crippen LogP contribution in [0.3, 0.4) is 0 Å². The van der Waals surface area contributed by atoms with Gasteiger partial charge in [-0.2, -0.15) is 0 Å². The lowest BCUT2D eigenvalue weighted by atomic mass is 10.3. The molecule has 0 atom stereocenters. The SMILES string of the molecule is C=CCCSc1cc(N)ccc1Cl. The Morgan fingerprint density at radius 2 is 2.31 bits per heavy atom. The summed E-state index contributed by atoms with van der Waals surface area (Å²) in [5.74, 6) is 0.993. The molecule has 0 saturated heterocycles. The molecule has 0 aliphatic carbocycles. The van der Waals surface area contributed by atoms with E-state index in [1.807, 2.05) is 18.2 Å². The van der Waals surface area contributed by atoms with Crippen LogP contribution in [0.4, 0.5) is 5.69 Å². The van der Waals surface area contributed by atoms with Gasteiger partial charge < -0.3 is 5.73 Å². The van der Waals surface area contributed by atoms with Gasteiger partial charge in [0, 0.05) is 16.3 Å². The summed E-state index contributed by atoms with van der Waals surface area (Å²) in [6, 6.07) is 5.53. The first-order valence-electron chi connectivity index (χ1n) is 4.02. The van der Waals surface area contributed by atoms with Gasteiger partial charge in [-0.1, -0.05) is 17.7 Å². The molecule has 3 heteroatoms. The molecule has 0 amide bonds. The maximum absolute atomic E-state index is 5.97. The van der Waals surface area contributed by atoms with Crippen molar-refractivity contribution in [2.75, 3.05) is 11.5 Å². The zero-order chi connectivity index (χ0) is 9.68. The monoisotopic (exact) mass is 213 g/mol. The van der Waals surface area contributed by atoms with Crippen molar-refractivity contribution in [1.82, 2.24) is 0 Å². The van der Waals surface area contributed by atoms with Gasteiger partial charge in [-0.25, -0.2) is 0 Å². The minimum atomic E-state index is 0.755. The molecule has 0 radical (unpaired) electrons. The van der Waals surface area contributed by atoms with Crippen LogP contribution in [-0.2, 0) is 0 Å². The van der Waals surface area contributed by atoms with Crippen LogP contribution in [-0.4, -0.2) is 5.75 Å². The Hall–Kier alpha value is -0.600. The predicted molar refractivity (Wildman–Crippen MR) is 61.4 cm³/mol. The fraction of sp³-hybridized carbons (Fsp3) is 0.200. The predicted octanol–water partition coefficient (Wildman–Crippen LogP) is 3.59. The Morgan fingerprint density at radius 3 is 3.00 bits per heavy atom. The highest BCUT2D eigenvalue weighted by atomic mass is 35.5. The molecule has 0 aliphatic rings. The number of anilines is 1. The second kappa shape index (κ2) is 5.20. The van der Waals surface area contributed by atoms with Crippen molar-refractivity contribution in [3.05, 3.63) is 35.9 Å². The molecule has 1 aromatic rings. The first kappa shape index (κ1) is 10.5. The number of thioether (sulfide) groups is 1. The molecule has 1 rings (SSSR count). The van der Waals surface area contributed by atoms with Crippen molar-refractivity contribution in [1.29, 1.82) is 0 Å². The van der Waals surface area contributed by atoms with Crippen molar-refractivity contribution in [2.45, 2.75) is 11.3 Å². The van der Waals surface area contributed by atoms with Crippen LogP contribution in [0.25, 0.3) is 0 Å². The highest BCUT2D eigenvalue weighted by molar-refractivity contribution is 7.99. The van der Waals surface area contributed by atoms with Crippen LogP contribution in [0.15, 0.2) is 35.7 Å². The van der Waals surface area contributed by atoms with E-state index in [0.29, 0.717) is 0 Å². The molecule has 2 N–H and O–H groups in total. The molecule has 1 nitrogen and oxygen atoms in total. The summed E-state index contributed by atoms with van der Waals surface area (Å²) >= 11 is 7.68. The molecule has 0 bridgehead atoms. The minimum absolute atomic E-state index is 0.755. The van der Waals surface area contributed by atoms with Crippen LogP contribution < -0.4 is 5.73 Å². The molecule has 70 valence electrons. The Bertz CT molecular complexity index is 299. The number of hydrogen-bond acceptors (Lipinski definition) is 2. The van der Waals surface area contributed by atoms with E-state index in [2.05, 4.69) is 6.58 Å². The van der Waals surface area contributed by atoms with Gasteiger partial charge in [0.2, 0.25) is 0 Å². The summed E-state index contributed by atoms with van der Waals surface area (Å²) in [5, 5.41) is 0.767. The van der Waals surface area contributed by atoms with Gasteiger partial charge in [0.1, 0.15) is 0 Å². The van der Waals surface area contributed by atoms with Crippen LogP contribution in [0.5, 0.6) is 0 Å². The zero-order valence-corrected chi connectivity index (χ0v) is 8.87. The third-order valence-corrected chi connectivity index (χ3v) is 3.07. The zero-order valence-electron chi connectivity index (χ0n) is 7.29. The average molecular weight is 214 g/mol. The lowest BCUT2D eigenvalue weighted by Gasteiger charge is -2.03. The van der Waals surface area contributed by atoms with Crippen molar-refractivity contribution >= 4 is 29.1 Å². The van der Waals surface area contributed by atoms with Gasteiger partial charge in [0.05, 0.1) is 5.02 Å². The van der Waals surface area contributed by atoms with Crippen LogP contribution in [0, 0.1) is 0 Å². The quantitative estimate of drug-likeness (QED) is 0.358. The fourth-order valence-electron chi connectivity index (χ4n) is 0.883. The maximum atomic E-state index is 5.97. The molecule has 0 fully saturated rings. The smallest absolute Gasteiger partial charge is 0.0543 e. The average Bonchev–Trinajstić information content (AvgIpc) is 2.11. The Morgan fingerprint density at radius 1 is 1.54 bits per heavy atom. The van der Waals surface area contributed by atoms with E-state index in [4.69, 9.17) is 17.3 Å². The molecule has 0 heterocycles. The van der Waals surface area contributed by atoms with Gasteiger partial charge in [0.15, 0.2) is 0 Å². The fourth-order valence-corrected chi connectivity index (χ4v) is 2.09. The van der Waals surface area contributed by atoms with E-state index in [-0.39, 0.29) is 0 Å². The van der Waals surface area contributed by atoms with E-state index in [1.54, 1.807) is 17.8 Å². The number of rotatable bonds is 4. The van der Waals surface area contributed by atoms with Gasteiger partial charge in [-0.05, 0) is 24.6 Å². The third-order valence-electron chi connectivity index (χ3n) is 1.53. The maximum Gasteiger partial charge on any atom is 0.0543 e. The van der Waals surface area contributed by atoms with E-state index in [9.17, 15) is 0 Å². The molecular formula is C10H12ClNS. The molecule has 0 spiro atoms. The number of benzene rings is 1. The summed E-state index contributed by atoms with van der Waals surface area (Å²) in [6.45, 7) is 3.66. The largest absolute Gasteiger partial charge is 0.399 e. The van der Waals surface area contributed by atoms with Crippen LogP contribution >= 0.6 is 23.4 Å². The summed E-state index contributed by atoms with van der Waals surface area (Å²) in [5.41, 5.74) is 6.39. The standard InChI is InChI=1S/C10H12ClNS/c1-2-3-6-13-10-7-8(12)4-5-9(10)11/h2,4-5,7H,1,3,6,12H2. The van der Waals surface area contributed by atoms with E-state index >= 15 is 0 Å². The summed E-state index contributed by atoms with van der Waals surface area (Å²) < 4.78 is 0. The second-order valence-corrected chi connectivity index (χ2v) is 4.16. The van der Waals surface area contributed by atoms with E-state index < -0.39 is 0 Å². The van der Waals surface area contributed by atoms with E-state index in [1.165, 1.54) is 0 Å². The van der Waals surface area contributed by atoms with Gasteiger partial charge in [-0.15, -0.1) is 18.3 Å². The van der Waals surface area contributed by atoms with Crippen molar-refractivity contribution in [3.8, 4) is 0 Å². The first-order chi connectivity index (χ1) is 6.24. The van der Waals surface area contributed by atoms with Crippen molar-refractivity contribution in [3.63, 3.8) is 0 Å². The summed E-state index contributed by atoms with van der Waals surface area (Å²) in [7, 11) is 0.